The third-order valence-electron chi connectivity index (χ3n) is 6.97. The van der Waals surface area contributed by atoms with Gasteiger partial charge in [-0.1, -0.05) is 72.3 Å². The number of amides is 2. The van der Waals surface area contributed by atoms with Gasteiger partial charge >= 0.3 is 0 Å². The number of nitrogens with zero attached hydrogens (tertiary/aromatic N) is 3. The number of aromatic nitrogens is 2. The zero-order valence-corrected chi connectivity index (χ0v) is 21.1. The van der Waals surface area contributed by atoms with E-state index < -0.39 is 0 Å². The van der Waals surface area contributed by atoms with Gasteiger partial charge in [0.05, 0.1) is 11.3 Å². The summed E-state index contributed by atoms with van der Waals surface area (Å²) in [5.41, 5.74) is 5.36. The molecule has 2 heterocycles. The molecular weight excluding hydrogens is 460 g/mol. The lowest BCUT2D eigenvalue weighted by Crippen LogP contribution is -2.39. The van der Waals surface area contributed by atoms with Crippen LogP contribution in [0.2, 0.25) is 0 Å². The van der Waals surface area contributed by atoms with E-state index in [0.717, 1.165) is 35.2 Å². The minimum absolute atomic E-state index is 0.00864. The number of hydrogen-bond donors (Lipinski definition) is 1. The fourth-order valence-corrected chi connectivity index (χ4v) is 4.89. The summed E-state index contributed by atoms with van der Waals surface area (Å²) in [5, 5.41) is 7.85. The molecule has 6 nitrogen and oxygen atoms in total. The quantitative estimate of drug-likeness (QED) is 0.375. The Balaban J connectivity index is 1.26. The lowest BCUT2D eigenvalue weighted by atomic mass is 9.92. The van der Waals surface area contributed by atoms with Crippen molar-refractivity contribution in [2.45, 2.75) is 32.7 Å². The number of rotatable bonds is 7. The van der Waals surface area contributed by atoms with Crippen LogP contribution in [0.4, 0.5) is 0 Å². The summed E-state index contributed by atoms with van der Waals surface area (Å²) in [5.74, 6) is 0.341. The van der Waals surface area contributed by atoms with Gasteiger partial charge in [-0.3, -0.25) is 9.59 Å². The maximum atomic E-state index is 13.7. The van der Waals surface area contributed by atoms with Crippen LogP contribution in [-0.4, -0.2) is 39.6 Å². The standard InChI is InChI=1S/C31H32N4O2/c1-23-9-8-12-26(19-23)30-28(22-35(33-30)27-13-6-3-7-14-27)31(37)34-17-15-24(16-18-34)20-29(36)32-21-25-10-4-2-5-11-25/h2-14,19,22,24H,15-18,20-21H2,1H3,(H,32,36). The van der Waals surface area contributed by atoms with E-state index in [1.807, 2.05) is 96.9 Å². The molecule has 6 heteroatoms. The van der Waals surface area contributed by atoms with Crippen molar-refractivity contribution in [1.29, 1.82) is 0 Å². The molecule has 0 atom stereocenters. The van der Waals surface area contributed by atoms with Crippen LogP contribution < -0.4 is 5.32 Å². The van der Waals surface area contributed by atoms with Gasteiger partial charge in [-0.15, -0.1) is 0 Å². The summed E-state index contributed by atoms with van der Waals surface area (Å²) in [7, 11) is 0. The largest absolute Gasteiger partial charge is 0.352 e. The van der Waals surface area contributed by atoms with Crippen LogP contribution in [-0.2, 0) is 11.3 Å². The summed E-state index contributed by atoms with van der Waals surface area (Å²) in [6.45, 7) is 3.86. The van der Waals surface area contributed by atoms with Crippen molar-refractivity contribution in [3.63, 3.8) is 0 Å². The number of benzene rings is 3. The predicted molar refractivity (Wildman–Crippen MR) is 145 cm³/mol. The van der Waals surface area contributed by atoms with Crippen LogP contribution in [0.3, 0.4) is 0 Å². The van der Waals surface area contributed by atoms with E-state index in [0.29, 0.717) is 37.3 Å². The van der Waals surface area contributed by atoms with Crippen molar-refractivity contribution in [3.8, 4) is 16.9 Å². The molecule has 37 heavy (non-hydrogen) atoms. The maximum absolute atomic E-state index is 13.7. The topological polar surface area (TPSA) is 67.2 Å². The highest BCUT2D eigenvalue weighted by Crippen LogP contribution is 2.28. The highest BCUT2D eigenvalue weighted by atomic mass is 16.2. The molecule has 0 saturated carbocycles. The third-order valence-corrected chi connectivity index (χ3v) is 6.97. The van der Waals surface area contributed by atoms with Crippen LogP contribution in [0.15, 0.2) is 91.1 Å². The molecule has 1 aromatic heterocycles. The maximum Gasteiger partial charge on any atom is 0.257 e. The summed E-state index contributed by atoms with van der Waals surface area (Å²) >= 11 is 0. The highest BCUT2D eigenvalue weighted by Gasteiger charge is 2.28. The van der Waals surface area contributed by atoms with Gasteiger partial charge < -0.3 is 10.2 Å². The molecule has 4 aromatic rings. The number of likely N-dealkylation sites (tertiary alicyclic amines) is 1. The minimum Gasteiger partial charge on any atom is -0.352 e. The van der Waals surface area contributed by atoms with Gasteiger partial charge in [-0.25, -0.2) is 4.68 Å². The predicted octanol–water partition coefficient (Wildman–Crippen LogP) is 5.41. The minimum atomic E-state index is -0.00864. The Hall–Kier alpha value is -4.19. The zero-order chi connectivity index (χ0) is 25.6. The van der Waals surface area contributed by atoms with Gasteiger partial charge in [-0.05, 0) is 49.4 Å². The first-order valence-corrected chi connectivity index (χ1v) is 12.9. The number of para-hydroxylation sites is 1. The average molecular weight is 493 g/mol. The normalized spacial score (nSPS) is 13.9. The van der Waals surface area contributed by atoms with E-state index >= 15 is 0 Å². The second kappa shape index (κ2) is 11.2. The van der Waals surface area contributed by atoms with Gasteiger partial charge in [0.25, 0.3) is 5.91 Å². The molecule has 5 rings (SSSR count). The fraction of sp³-hybridized carbons (Fsp3) is 0.258. The molecule has 2 amide bonds. The molecule has 0 bridgehead atoms. The van der Waals surface area contributed by atoms with Gasteiger partial charge in [0.15, 0.2) is 0 Å². The van der Waals surface area contributed by atoms with Crippen molar-refractivity contribution >= 4 is 11.8 Å². The van der Waals surface area contributed by atoms with Crippen LogP contribution in [0.25, 0.3) is 16.9 Å². The van der Waals surface area contributed by atoms with E-state index in [9.17, 15) is 9.59 Å². The first-order valence-electron chi connectivity index (χ1n) is 12.9. The van der Waals surface area contributed by atoms with E-state index in [-0.39, 0.29) is 17.7 Å². The fourth-order valence-electron chi connectivity index (χ4n) is 4.89. The van der Waals surface area contributed by atoms with Gasteiger partial charge in [0.1, 0.15) is 5.69 Å². The molecule has 1 fully saturated rings. The second-order valence-corrected chi connectivity index (χ2v) is 9.74. The van der Waals surface area contributed by atoms with Crippen LogP contribution >= 0.6 is 0 Å². The summed E-state index contributed by atoms with van der Waals surface area (Å²) in [4.78, 5) is 28.1. The number of piperidine rings is 1. The molecule has 1 aliphatic rings. The molecule has 0 unspecified atom stereocenters. The van der Waals surface area contributed by atoms with Crippen LogP contribution in [0, 0.1) is 12.8 Å². The molecule has 0 radical (unpaired) electrons. The molecule has 3 aromatic carbocycles. The molecule has 1 N–H and O–H groups in total. The van der Waals surface area contributed by atoms with E-state index in [1.54, 1.807) is 4.68 Å². The van der Waals surface area contributed by atoms with Crippen molar-refractivity contribution in [2.24, 2.45) is 5.92 Å². The molecule has 1 saturated heterocycles. The lowest BCUT2D eigenvalue weighted by Gasteiger charge is -2.31. The highest BCUT2D eigenvalue weighted by molar-refractivity contribution is 6.00. The van der Waals surface area contributed by atoms with Gasteiger partial charge in [-0.2, -0.15) is 5.10 Å². The van der Waals surface area contributed by atoms with Crippen molar-refractivity contribution < 1.29 is 9.59 Å². The number of nitrogens with one attached hydrogen (secondary N) is 1. The SMILES string of the molecule is Cc1cccc(-c2nn(-c3ccccc3)cc2C(=O)N2CCC(CC(=O)NCc3ccccc3)CC2)c1. The Labute approximate surface area is 217 Å². The Morgan fingerprint density at radius 3 is 2.32 bits per heavy atom. The third kappa shape index (κ3) is 5.97. The number of carbonyl (C=O) groups is 2. The second-order valence-electron chi connectivity index (χ2n) is 9.74. The van der Waals surface area contributed by atoms with Crippen molar-refractivity contribution in [1.82, 2.24) is 20.0 Å². The lowest BCUT2D eigenvalue weighted by molar-refractivity contribution is -0.122. The van der Waals surface area contributed by atoms with E-state index in [2.05, 4.69) is 11.4 Å². The molecule has 188 valence electrons. The molecule has 1 aliphatic heterocycles. The Kier molecular flexibility index (Phi) is 7.45. The Morgan fingerprint density at radius 2 is 1.62 bits per heavy atom. The van der Waals surface area contributed by atoms with E-state index in [4.69, 9.17) is 5.10 Å². The van der Waals surface area contributed by atoms with E-state index in [1.165, 1.54) is 0 Å². The number of aryl methyl sites for hydroxylation is 1. The van der Waals surface area contributed by atoms with Crippen molar-refractivity contribution in [3.05, 3.63) is 108 Å². The summed E-state index contributed by atoms with van der Waals surface area (Å²) in [6, 6.07) is 27.9. The summed E-state index contributed by atoms with van der Waals surface area (Å²) in [6.07, 6.45) is 3.97. The average Bonchev–Trinajstić information content (AvgIpc) is 3.39. The Morgan fingerprint density at radius 1 is 0.919 bits per heavy atom. The first-order chi connectivity index (χ1) is 18.1. The monoisotopic (exact) mass is 492 g/mol. The smallest absolute Gasteiger partial charge is 0.257 e. The summed E-state index contributed by atoms with van der Waals surface area (Å²) < 4.78 is 1.79. The van der Waals surface area contributed by atoms with Crippen LogP contribution in [0.5, 0.6) is 0 Å². The molecule has 0 aliphatic carbocycles. The van der Waals surface area contributed by atoms with Crippen LogP contribution in [0.1, 0.15) is 40.7 Å². The Bertz CT molecular complexity index is 1360. The number of carbonyl (C=O) groups excluding carboxylic acids is 2. The first kappa shape index (κ1) is 24.5. The van der Waals surface area contributed by atoms with Crippen molar-refractivity contribution in [2.75, 3.05) is 13.1 Å². The zero-order valence-electron chi connectivity index (χ0n) is 21.1. The molecule has 0 spiro atoms. The molecular formula is C31H32N4O2. The van der Waals surface area contributed by atoms with Gasteiger partial charge in [0, 0.05) is 37.8 Å². The number of hydrogen-bond acceptors (Lipinski definition) is 3. The van der Waals surface area contributed by atoms with Gasteiger partial charge in [0.2, 0.25) is 5.91 Å².